The minimum atomic E-state index is -4.48. The Bertz CT molecular complexity index is 357. The molecular weight excluding hydrogens is 225 g/mol. The zero-order chi connectivity index (χ0) is 11.5. The Morgan fingerprint density at radius 1 is 1.27 bits per heavy atom. The molecule has 0 atom stereocenters. The van der Waals surface area contributed by atoms with Crippen LogP contribution in [0.1, 0.15) is 11.1 Å². The standard InChI is InChI=1S/C9H9F3N2S/c1-6-2-4-7(5-3-6)8(14-15-13)9(10,11)12/h2-5H,13H2,1H3/b14-8-. The van der Waals surface area contributed by atoms with E-state index in [1.54, 1.807) is 19.1 Å². The molecule has 2 N–H and O–H groups in total. The summed E-state index contributed by atoms with van der Waals surface area (Å²) in [5.41, 5.74) is -0.0540. The summed E-state index contributed by atoms with van der Waals surface area (Å²) in [5, 5.41) is 4.92. The average molecular weight is 234 g/mol. The van der Waals surface area contributed by atoms with E-state index >= 15 is 0 Å². The van der Waals surface area contributed by atoms with E-state index in [9.17, 15) is 13.2 Å². The van der Waals surface area contributed by atoms with Crippen molar-refractivity contribution in [3.8, 4) is 0 Å². The van der Waals surface area contributed by atoms with E-state index < -0.39 is 11.9 Å². The van der Waals surface area contributed by atoms with E-state index in [0.717, 1.165) is 5.56 Å². The topological polar surface area (TPSA) is 38.4 Å². The van der Waals surface area contributed by atoms with E-state index in [-0.39, 0.29) is 5.56 Å². The number of nitrogens with two attached hydrogens (primary N) is 1. The van der Waals surface area contributed by atoms with E-state index in [4.69, 9.17) is 5.14 Å². The molecule has 0 aliphatic carbocycles. The van der Waals surface area contributed by atoms with Crippen molar-refractivity contribution in [1.82, 2.24) is 0 Å². The Kier molecular flexibility index (Phi) is 3.76. The first-order chi connectivity index (χ1) is 6.95. The Hall–Kier alpha value is -1.01. The summed E-state index contributed by atoms with van der Waals surface area (Å²) in [6.07, 6.45) is -4.48. The van der Waals surface area contributed by atoms with Gasteiger partial charge in [-0.2, -0.15) is 17.6 Å². The van der Waals surface area contributed by atoms with Crippen LogP contribution in [0.2, 0.25) is 0 Å². The first kappa shape index (κ1) is 12.1. The summed E-state index contributed by atoms with van der Waals surface area (Å²) in [5.74, 6) is 0. The highest BCUT2D eigenvalue weighted by Crippen LogP contribution is 2.24. The minimum absolute atomic E-state index is 0.0195. The smallest absolute Gasteiger partial charge is 0.258 e. The van der Waals surface area contributed by atoms with E-state index in [1.165, 1.54) is 12.1 Å². The van der Waals surface area contributed by atoms with Crippen LogP contribution in [0.25, 0.3) is 0 Å². The van der Waals surface area contributed by atoms with Gasteiger partial charge in [-0.25, -0.2) is 0 Å². The SMILES string of the molecule is Cc1ccc(/C(=N/SN)C(F)(F)F)cc1. The van der Waals surface area contributed by atoms with E-state index in [1.807, 2.05) is 0 Å². The molecule has 0 amide bonds. The molecule has 0 heterocycles. The highest BCUT2D eigenvalue weighted by molar-refractivity contribution is 7.95. The lowest BCUT2D eigenvalue weighted by Crippen LogP contribution is -2.23. The van der Waals surface area contributed by atoms with Crippen LogP contribution in [0.15, 0.2) is 28.7 Å². The van der Waals surface area contributed by atoms with Crippen molar-refractivity contribution in [3.63, 3.8) is 0 Å². The first-order valence-corrected chi connectivity index (χ1v) is 4.87. The second-order valence-corrected chi connectivity index (χ2v) is 3.30. The second kappa shape index (κ2) is 4.67. The molecule has 2 nitrogen and oxygen atoms in total. The van der Waals surface area contributed by atoms with E-state index in [2.05, 4.69) is 4.40 Å². The highest BCUT2D eigenvalue weighted by atomic mass is 32.2. The first-order valence-electron chi connectivity index (χ1n) is 4.03. The third-order valence-corrected chi connectivity index (χ3v) is 2.03. The van der Waals surface area contributed by atoms with Crippen LogP contribution >= 0.6 is 12.1 Å². The third kappa shape index (κ3) is 3.24. The summed E-state index contributed by atoms with van der Waals surface area (Å²) >= 11 is 0.304. The fourth-order valence-corrected chi connectivity index (χ4v) is 1.35. The maximum Gasteiger partial charge on any atom is 0.434 e. The van der Waals surface area contributed by atoms with Crippen molar-refractivity contribution in [2.24, 2.45) is 9.54 Å². The van der Waals surface area contributed by atoms with Gasteiger partial charge in [-0.3, -0.25) is 5.14 Å². The van der Waals surface area contributed by atoms with Crippen LogP contribution in [0.5, 0.6) is 0 Å². The maximum absolute atomic E-state index is 12.5. The van der Waals surface area contributed by atoms with Crippen LogP contribution in [0.4, 0.5) is 13.2 Å². The van der Waals surface area contributed by atoms with Gasteiger partial charge in [0.25, 0.3) is 0 Å². The number of halogens is 3. The van der Waals surface area contributed by atoms with Crippen molar-refractivity contribution >= 4 is 17.8 Å². The van der Waals surface area contributed by atoms with Gasteiger partial charge in [-0.15, -0.1) is 0 Å². The predicted molar refractivity (Wildman–Crippen MR) is 55.5 cm³/mol. The molecule has 0 aliphatic rings. The lowest BCUT2D eigenvalue weighted by atomic mass is 10.1. The van der Waals surface area contributed by atoms with Gasteiger partial charge in [0.2, 0.25) is 0 Å². The van der Waals surface area contributed by atoms with Gasteiger partial charge in [0, 0.05) is 5.56 Å². The van der Waals surface area contributed by atoms with Gasteiger partial charge in [-0.05, 0) is 6.92 Å². The third-order valence-electron chi connectivity index (χ3n) is 1.74. The monoisotopic (exact) mass is 234 g/mol. The summed E-state index contributed by atoms with van der Waals surface area (Å²) < 4.78 is 40.7. The van der Waals surface area contributed by atoms with E-state index in [0.29, 0.717) is 12.1 Å². The fraction of sp³-hybridized carbons (Fsp3) is 0.222. The summed E-state index contributed by atoms with van der Waals surface area (Å²) in [4.78, 5) is 0. The predicted octanol–water partition coefficient (Wildman–Crippen LogP) is 2.87. The van der Waals surface area contributed by atoms with Crippen LogP contribution < -0.4 is 5.14 Å². The molecular formula is C9H9F3N2S. The molecule has 0 spiro atoms. The van der Waals surface area contributed by atoms with Gasteiger partial charge in [0.1, 0.15) is 0 Å². The van der Waals surface area contributed by atoms with Crippen LogP contribution in [0.3, 0.4) is 0 Å². The quantitative estimate of drug-likeness (QED) is 0.631. The molecule has 0 bridgehead atoms. The van der Waals surface area contributed by atoms with Gasteiger partial charge >= 0.3 is 6.18 Å². The van der Waals surface area contributed by atoms with Crippen LogP contribution in [-0.2, 0) is 0 Å². The van der Waals surface area contributed by atoms with Crippen LogP contribution in [-0.4, -0.2) is 11.9 Å². The minimum Gasteiger partial charge on any atom is -0.258 e. The summed E-state index contributed by atoms with van der Waals surface area (Å²) in [7, 11) is 0. The summed E-state index contributed by atoms with van der Waals surface area (Å²) in [6, 6.07) is 5.94. The fourth-order valence-electron chi connectivity index (χ4n) is 1.03. The Morgan fingerprint density at radius 3 is 2.20 bits per heavy atom. The number of nitrogens with zero attached hydrogens (tertiary/aromatic N) is 1. The van der Waals surface area contributed by atoms with Gasteiger partial charge in [-0.1, -0.05) is 29.8 Å². The average Bonchev–Trinajstić information content (AvgIpc) is 2.14. The molecule has 0 radical (unpaired) electrons. The zero-order valence-electron chi connectivity index (χ0n) is 7.88. The van der Waals surface area contributed by atoms with Gasteiger partial charge in [0.05, 0.1) is 12.1 Å². The maximum atomic E-state index is 12.5. The van der Waals surface area contributed by atoms with Gasteiger partial charge in [0.15, 0.2) is 5.71 Å². The highest BCUT2D eigenvalue weighted by Gasteiger charge is 2.36. The molecule has 0 fully saturated rings. The molecule has 0 unspecified atom stereocenters. The molecule has 0 saturated carbocycles. The number of benzene rings is 1. The van der Waals surface area contributed by atoms with Crippen molar-refractivity contribution in [2.45, 2.75) is 13.1 Å². The number of rotatable bonds is 2. The molecule has 1 aromatic carbocycles. The Balaban J connectivity index is 3.11. The zero-order valence-corrected chi connectivity index (χ0v) is 8.69. The van der Waals surface area contributed by atoms with Crippen molar-refractivity contribution < 1.29 is 13.2 Å². The molecule has 0 saturated heterocycles. The van der Waals surface area contributed by atoms with Gasteiger partial charge < -0.3 is 0 Å². The summed E-state index contributed by atoms with van der Waals surface area (Å²) in [6.45, 7) is 1.80. The lowest BCUT2D eigenvalue weighted by Gasteiger charge is -2.09. The largest absolute Gasteiger partial charge is 0.434 e. The lowest BCUT2D eigenvalue weighted by molar-refractivity contribution is -0.0578. The number of aryl methyl sites for hydroxylation is 1. The Morgan fingerprint density at radius 2 is 1.80 bits per heavy atom. The van der Waals surface area contributed by atoms with Crippen LogP contribution in [0, 0.1) is 6.92 Å². The molecule has 6 heteroatoms. The molecule has 0 aliphatic heterocycles. The second-order valence-electron chi connectivity index (χ2n) is 2.91. The molecule has 1 aromatic rings. The number of alkyl halides is 3. The normalized spacial score (nSPS) is 13.0. The number of hydrogen-bond acceptors (Lipinski definition) is 3. The van der Waals surface area contributed by atoms with Crippen molar-refractivity contribution in [3.05, 3.63) is 35.4 Å². The number of hydrogen-bond donors (Lipinski definition) is 1. The molecule has 0 aromatic heterocycles. The molecule has 15 heavy (non-hydrogen) atoms. The molecule has 1 rings (SSSR count). The van der Waals surface area contributed by atoms with Crippen molar-refractivity contribution in [2.75, 3.05) is 0 Å². The van der Waals surface area contributed by atoms with Crippen molar-refractivity contribution in [1.29, 1.82) is 0 Å². The Labute approximate surface area is 89.7 Å². The molecule has 82 valence electrons.